The molecule has 2 amide bonds. The van der Waals surface area contributed by atoms with Gasteiger partial charge in [0.15, 0.2) is 0 Å². The molecule has 0 heterocycles. The molecule has 31 heavy (non-hydrogen) atoms. The maximum absolute atomic E-state index is 13.7. The van der Waals surface area contributed by atoms with E-state index in [1.807, 2.05) is 6.07 Å². The zero-order valence-corrected chi connectivity index (χ0v) is 16.9. The van der Waals surface area contributed by atoms with Crippen LogP contribution in [-0.2, 0) is 17.8 Å². The van der Waals surface area contributed by atoms with Crippen molar-refractivity contribution in [2.75, 3.05) is 4.90 Å². The van der Waals surface area contributed by atoms with Crippen molar-refractivity contribution in [2.24, 2.45) is 0 Å². The number of hydrogen-bond donors (Lipinski definition) is 1. The molecule has 0 atom stereocenters. The fourth-order valence-corrected chi connectivity index (χ4v) is 3.36. The maximum Gasteiger partial charge on any atom is 0.258 e. The highest BCUT2D eigenvalue weighted by atomic mass is 19.1. The summed E-state index contributed by atoms with van der Waals surface area (Å²) in [5.74, 6) is -1.31. The lowest BCUT2D eigenvalue weighted by molar-refractivity contribution is -0.120. The van der Waals surface area contributed by atoms with Crippen molar-refractivity contribution in [3.63, 3.8) is 0 Å². The van der Waals surface area contributed by atoms with E-state index in [1.165, 1.54) is 35.2 Å². The quantitative estimate of drug-likeness (QED) is 0.606. The zero-order chi connectivity index (χ0) is 21.8. The first-order valence-corrected chi connectivity index (χ1v) is 10.2. The van der Waals surface area contributed by atoms with E-state index in [0.29, 0.717) is 5.69 Å². The number of anilines is 1. The largest absolute Gasteiger partial charge is 0.353 e. The van der Waals surface area contributed by atoms with Crippen LogP contribution in [0.3, 0.4) is 0 Å². The molecule has 3 aromatic rings. The normalized spacial score (nSPS) is 13.0. The molecular formula is C25H22F2N2O2. The topological polar surface area (TPSA) is 49.4 Å². The fourth-order valence-electron chi connectivity index (χ4n) is 3.36. The van der Waals surface area contributed by atoms with Gasteiger partial charge < -0.3 is 10.2 Å². The van der Waals surface area contributed by atoms with Gasteiger partial charge in [-0.2, -0.15) is 0 Å². The number of halogens is 2. The van der Waals surface area contributed by atoms with Gasteiger partial charge in [-0.1, -0.05) is 30.3 Å². The Morgan fingerprint density at radius 3 is 2.32 bits per heavy atom. The van der Waals surface area contributed by atoms with Gasteiger partial charge in [0.05, 0.1) is 13.0 Å². The van der Waals surface area contributed by atoms with Crippen LogP contribution >= 0.6 is 0 Å². The third-order valence-corrected chi connectivity index (χ3v) is 5.10. The van der Waals surface area contributed by atoms with Gasteiger partial charge in [0.2, 0.25) is 5.91 Å². The molecule has 1 saturated carbocycles. The minimum atomic E-state index is -0.502. The number of carbonyl (C=O) groups excluding carboxylic acids is 2. The molecule has 0 aliphatic heterocycles. The fraction of sp³-hybridized carbons (Fsp3) is 0.200. The summed E-state index contributed by atoms with van der Waals surface area (Å²) < 4.78 is 27.0. The van der Waals surface area contributed by atoms with Gasteiger partial charge in [0.1, 0.15) is 11.6 Å². The van der Waals surface area contributed by atoms with Crippen molar-refractivity contribution < 1.29 is 18.4 Å². The maximum atomic E-state index is 13.7. The Labute approximate surface area is 179 Å². The number of nitrogens with zero attached hydrogens (tertiary/aromatic N) is 1. The van der Waals surface area contributed by atoms with E-state index >= 15 is 0 Å². The van der Waals surface area contributed by atoms with Gasteiger partial charge in [0.25, 0.3) is 5.91 Å². The monoisotopic (exact) mass is 420 g/mol. The van der Waals surface area contributed by atoms with Gasteiger partial charge in [-0.25, -0.2) is 8.78 Å². The molecule has 4 rings (SSSR count). The van der Waals surface area contributed by atoms with Crippen LogP contribution in [0.1, 0.15) is 34.3 Å². The molecule has 0 bridgehead atoms. The van der Waals surface area contributed by atoms with Crippen LogP contribution in [0.25, 0.3) is 0 Å². The predicted molar refractivity (Wildman–Crippen MR) is 115 cm³/mol. The van der Waals surface area contributed by atoms with Crippen molar-refractivity contribution in [3.8, 4) is 0 Å². The van der Waals surface area contributed by atoms with E-state index in [9.17, 15) is 18.4 Å². The molecule has 1 aliphatic rings. The third-order valence-electron chi connectivity index (χ3n) is 5.10. The first kappa shape index (κ1) is 20.7. The second kappa shape index (κ2) is 9.08. The van der Waals surface area contributed by atoms with Crippen LogP contribution < -0.4 is 10.2 Å². The first-order valence-electron chi connectivity index (χ1n) is 10.2. The summed E-state index contributed by atoms with van der Waals surface area (Å²) in [6.45, 7) is 0.174. The summed E-state index contributed by atoms with van der Waals surface area (Å²) in [6, 6.07) is 18.8. The summed E-state index contributed by atoms with van der Waals surface area (Å²) in [4.78, 5) is 27.0. The average Bonchev–Trinajstić information content (AvgIpc) is 3.57. The van der Waals surface area contributed by atoms with Crippen molar-refractivity contribution in [3.05, 3.63) is 101 Å². The van der Waals surface area contributed by atoms with Crippen molar-refractivity contribution in [2.45, 2.75) is 31.8 Å². The summed E-state index contributed by atoms with van der Waals surface area (Å²) in [5, 5.41) is 2.95. The highest BCUT2D eigenvalue weighted by Gasteiger charge is 2.23. The lowest BCUT2D eigenvalue weighted by Crippen LogP contribution is -2.31. The molecule has 4 nitrogen and oxygen atoms in total. The van der Waals surface area contributed by atoms with Gasteiger partial charge in [-0.3, -0.25) is 9.59 Å². The van der Waals surface area contributed by atoms with Gasteiger partial charge in [-0.05, 0) is 66.4 Å². The number of carbonyl (C=O) groups is 2. The van der Waals surface area contributed by atoms with Crippen LogP contribution in [0.15, 0.2) is 72.8 Å². The SMILES string of the molecule is O=C(Cc1cccc(N(Cc2ccc(F)cc2)C(=O)c2cccc(F)c2)c1)NC1CC1. The first-order chi connectivity index (χ1) is 15.0. The minimum absolute atomic E-state index is 0.0545. The van der Waals surface area contributed by atoms with E-state index in [0.717, 1.165) is 24.0 Å². The van der Waals surface area contributed by atoms with E-state index < -0.39 is 5.82 Å². The molecular weight excluding hydrogens is 398 g/mol. The zero-order valence-electron chi connectivity index (χ0n) is 16.9. The number of hydrogen-bond acceptors (Lipinski definition) is 2. The Morgan fingerprint density at radius 1 is 0.871 bits per heavy atom. The van der Waals surface area contributed by atoms with Crippen LogP contribution in [-0.4, -0.2) is 17.9 Å². The smallest absolute Gasteiger partial charge is 0.258 e. The van der Waals surface area contributed by atoms with Crippen LogP contribution in [0, 0.1) is 11.6 Å². The lowest BCUT2D eigenvalue weighted by atomic mass is 10.1. The van der Waals surface area contributed by atoms with Crippen molar-refractivity contribution in [1.82, 2.24) is 5.32 Å². The lowest BCUT2D eigenvalue weighted by Gasteiger charge is -2.24. The number of nitrogens with one attached hydrogen (secondary N) is 1. The molecule has 0 radical (unpaired) electrons. The summed E-state index contributed by atoms with van der Waals surface area (Å²) in [5.41, 5.74) is 2.28. The standard InChI is InChI=1S/C25H22F2N2O2/c26-20-9-7-17(8-10-20)16-29(25(31)19-4-2-5-21(27)15-19)23-6-1-3-18(13-23)14-24(30)28-22-11-12-22/h1-10,13,15,22H,11-12,14,16H2,(H,28,30). The Balaban J connectivity index is 1.62. The van der Waals surface area contributed by atoms with Gasteiger partial charge >= 0.3 is 0 Å². The minimum Gasteiger partial charge on any atom is -0.353 e. The summed E-state index contributed by atoms with van der Waals surface area (Å²) in [7, 11) is 0. The van der Waals surface area contributed by atoms with Crippen molar-refractivity contribution in [1.29, 1.82) is 0 Å². The molecule has 3 aromatic carbocycles. The summed E-state index contributed by atoms with van der Waals surface area (Å²) in [6.07, 6.45) is 2.24. The molecule has 1 aliphatic carbocycles. The second-order valence-electron chi connectivity index (χ2n) is 7.72. The highest BCUT2D eigenvalue weighted by molar-refractivity contribution is 6.06. The van der Waals surface area contributed by atoms with Crippen molar-refractivity contribution >= 4 is 17.5 Å². The number of benzene rings is 3. The number of amides is 2. The average molecular weight is 420 g/mol. The Bertz CT molecular complexity index is 1090. The molecule has 1 fully saturated rings. The second-order valence-corrected chi connectivity index (χ2v) is 7.72. The van der Waals surface area contributed by atoms with Gasteiger partial charge in [0, 0.05) is 17.3 Å². The van der Waals surface area contributed by atoms with E-state index in [-0.39, 0.29) is 42.2 Å². The molecule has 1 N–H and O–H groups in total. The van der Waals surface area contributed by atoms with Crippen LogP contribution in [0.2, 0.25) is 0 Å². The van der Waals surface area contributed by atoms with E-state index in [1.54, 1.807) is 36.4 Å². The molecule has 0 spiro atoms. The molecule has 0 unspecified atom stereocenters. The van der Waals surface area contributed by atoms with Crippen LogP contribution in [0.5, 0.6) is 0 Å². The molecule has 0 aromatic heterocycles. The third kappa shape index (κ3) is 5.54. The predicted octanol–water partition coefficient (Wildman–Crippen LogP) is 4.63. The van der Waals surface area contributed by atoms with E-state index in [2.05, 4.69) is 5.32 Å². The molecule has 0 saturated heterocycles. The van der Waals surface area contributed by atoms with Crippen LogP contribution in [0.4, 0.5) is 14.5 Å². The Kier molecular flexibility index (Phi) is 6.07. The number of rotatable bonds is 7. The summed E-state index contributed by atoms with van der Waals surface area (Å²) >= 11 is 0. The molecule has 6 heteroatoms. The molecule has 158 valence electrons. The highest BCUT2D eigenvalue weighted by Crippen LogP contribution is 2.23. The Morgan fingerprint density at radius 2 is 1.61 bits per heavy atom. The van der Waals surface area contributed by atoms with E-state index in [4.69, 9.17) is 0 Å². The Hall–Kier alpha value is -3.54. The van der Waals surface area contributed by atoms with Gasteiger partial charge in [-0.15, -0.1) is 0 Å².